The van der Waals surface area contributed by atoms with Crippen molar-refractivity contribution in [2.45, 2.75) is 5.75 Å². The molecule has 26 heavy (non-hydrogen) atoms. The summed E-state index contributed by atoms with van der Waals surface area (Å²) in [5, 5.41) is 0.562. The first-order chi connectivity index (χ1) is 12.5. The van der Waals surface area contributed by atoms with Gasteiger partial charge in [-0.05, 0) is 29.8 Å². The molecule has 6 nitrogen and oxygen atoms in total. The van der Waals surface area contributed by atoms with Crippen molar-refractivity contribution >= 4 is 21.6 Å². The van der Waals surface area contributed by atoms with Gasteiger partial charge in [-0.15, -0.1) is 0 Å². The minimum absolute atomic E-state index is 0.0143. The molecular weight excluding hydrogens is 378 g/mol. The van der Waals surface area contributed by atoms with E-state index in [1.807, 2.05) is 0 Å². The summed E-state index contributed by atoms with van der Waals surface area (Å²) >= 11 is 5.78. The summed E-state index contributed by atoms with van der Waals surface area (Å²) in [4.78, 5) is 0. The van der Waals surface area contributed by atoms with Crippen molar-refractivity contribution in [3.63, 3.8) is 0 Å². The Labute approximate surface area is 157 Å². The minimum atomic E-state index is -3.46. The number of halogens is 1. The van der Waals surface area contributed by atoms with Crippen LogP contribution in [0.3, 0.4) is 0 Å². The summed E-state index contributed by atoms with van der Waals surface area (Å²) in [6.07, 6.45) is 0. The number of benzene rings is 2. The molecule has 2 aromatic rings. The first-order valence-electron chi connectivity index (χ1n) is 7.72. The summed E-state index contributed by atoms with van der Waals surface area (Å²) in [6, 6.07) is 11.9. The van der Waals surface area contributed by atoms with Crippen molar-refractivity contribution in [1.82, 2.24) is 4.72 Å². The van der Waals surface area contributed by atoms with Gasteiger partial charge in [0.1, 0.15) is 12.4 Å². The molecule has 0 spiro atoms. The molecule has 1 aliphatic rings. The molecular formula is C18H16ClNO5S. The quantitative estimate of drug-likeness (QED) is 0.763. The molecule has 1 aliphatic heterocycles. The summed E-state index contributed by atoms with van der Waals surface area (Å²) in [5.74, 6) is 7.26. The van der Waals surface area contributed by atoms with Gasteiger partial charge in [-0.1, -0.05) is 35.6 Å². The Kier molecular flexibility index (Phi) is 5.89. The van der Waals surface area contributed by atoms with E-state index in [1.165, 1.54) is 0 Å². The molecule has 8 heteroatoms. The smallest absolute Gasteiger partial charge is 0.231 e. The molecule has 1 heterocycles. The standard InChI is InChI=1S/C18H16ClNO5S/c19-15-5-3-14(4-6-15)12-26(21,22)20-9-1-2-10-23-16-7-8-17-18(11-16)25-13-24-17/h3-8,11,20H,9-10,12-13H2. The Bertz CT molecular complexity index is 932. The van der Waals surface area contributed by atoms with Crippen molar-refractivity contribution in [2.75, 3.05) is 19.9 Å². The van der Waals surface area contributed by atoms with Gasteiger partial charge in [0.05, 0.1) is 12.3 Å². The lowest BCUT2D eigenvalue weighted by Crippen LogP contribution is -2.25. The number of nitrogens with one attached hydrogen (secondary N) is 1. The molecule has 0 saturated heterocycles. The number of hydrogen-bond acceptors (Lipinski definition) is 5. The van der Waals surface area contributed by atoms with Crippen LogP contribution in [0, 0.1) is 11.8 Å². The summed E-state index contributed by atoms with van der Waals surface area (Å²) in [5.41, 5.74) is 0.654. The Morgan fingerprint density at radius 3 is 2.65 bits per heavy atom. The van der Waals surface area contributed by atoms with Gasteiger partial charge in [0, 0.05) is 11.1 Å². The molecule has 136 valence electrons. The fourth-order valence-corrected chi connectivity index (χ4v) is 3.35. The number of ether oxygens (including phenoxy) is 3. The molecule has 0 aliphatic carbocycles. The van der Waals surface area contributed by atoms with Crippen LogP contribution in [-0.4, -0.2) is 28.4 Å². The molecule has 0 atom stereocenters. The molecule has 0 amide bonds. The average molecular weight is 394 g/mol. The van der Waals surface area contributed by atoms with Crippen LogP contribution in [0.2, 0.25) is 5.02 Å². The highest BCUT2D eigenvalue weighted by molar-refractivity contribution is 7.88. The van der Waals surface area contributed by atoms with Crippen molar-refractivity contribution in [1.29, 1.82) is 0 Å². The highest BCUT2D eigenvalue weighted by Crippen LogP contribution is 2.34. The van der Waals surface area contributed by atoms with Crippen molar-refractivity contribution < 1.29 is 22.6 Å². The maximum atomic E-state index is 12.0. The monoisotopic (exact) mass is 393 g/mol. The van der Waals surface area contributed by atoms with E-state index in [4.69, 9.17) is 25.8 Å². The van der Waals surface area contributed by atoms with Gasteiger partial charge in [0.2, 0.25) is 16.8 Å². The van der Waals surface area contributed by atoms with Crippen LogP contribution < -0.4 is 18.9 Å². The maximum Gasteiger partial charge on any atom is 0.231 e. The molecule has 0 bridgehead atoms. The largest absolute Gasteiger partial charge is 0.481 e. The normalized spacial score (nSPS) is 12.3. The Morgan fingerprint density at radius 1 is 1.08 bits per heavy atom. The number of hydrogen-bond donors (Lipinski definition) is 1. The van der Waals surface area contributed by atoms with Gasteiger partial charge < -0.3 is 14.2 Å². The molecule has 0 radical (unpaired) electrons. The second-order valence-electron chi connectivity index (χ2n) is 5.36. The average Bonchev–Trinajstić information content (AvgIpc) is 3.07. The zero-order chi connectivity index (χ0) is 18.4. The number of rotatable bonds is 6. The Balaban J connectivity index is 1.42. The zero-order valence-electron chi connectivity index (χ0n) is 13.7. The number of fused-ring (bicyclic) bond motifs is 1. The lowest BCUT2D eigenvalue weighted by Gasteiger charge is -2.04. The second-order valence-corrected chi connectivity index (χ2v) is 7.61. The summed E-state index contributed by atoms with van der Waals surface area (Å²) in [6.45, 7) is 0.355. The molecule has 0 unspecified atom stereocenters. The van der Waals surface area contributed by atoms with E-state index >= 15 is 0 Å². The SMILES string of the molecule is O=S(=O)(Cc1ccc(Cl)cc1)NCC#CCOc1ccc2c(c1)OCO2. The van der Waals surface area contributed by atoms with E-state index in [9.17, 15) is 8.42 Å². The van der Waals surface area contributed by atoms with E-state index in [2.05, 4.69) is 16.6 Å². The van der Waals surface area contributed by atoms with Crippen LogP contribution in [0.25, 0.3) is 0 Å². The molecule has 2 aromatic carbocycles. The van der Waals surface area contributed by atoms with E-state index in [-0.39, 0.29) is 25.7 Å². The molecule has 0 saturated carbocycles. The summed E-state index contributed by atoms with van der Waals surface area (Å²) in [7, 11) is -3.46. The minimum Gasteiger partial charge on any atom is -0.481 e. The predicted molar refractivity (Wildman–Crippen MR) is 97.9 cm³/mol. The van der Waals surface area contributed by atoms with E-state index in [1.54, 1.807) is 42.5 Å². The van der Waals surface area contributed by atoms with Crippen LogP contribution in [0.15, 0.2) is 42.5 Å². The Hall–Kier alpha value is -2.40. The third-order valence-electron chi connectivity index (χ3n) is 3.43. The lowest BCUT2D eigenvalue weighted by atomic mass is 10.2. The van der Waals surface area contributed by atoms with Crippen LogP contribution in [-0.2, 0) is 15.8 Å². The first-order valence-corrected chi connectivity index (χ1v) is 9.75. The lowest BCUT2D eigenvalue weighted by molar-refractivity contribution is 0.174. The molecule has 0 fully saturated rings. The van der Waals surface area contributed by atoms with Gasteiger partial charge >= 0.3 is 0 Å². The van der Waals surface area contributed by atoms with Gasteiger partial charge in [-0.3, -0.25) is 0 Å². The first kappa shape index (κ1) is 18.4. The fourth-order valence-electron chi connectivity index (χ4n) is 2.20. The van der Waals surface area contributed by atoms with E-state index < -0.39 is 10.0 Å². The maximum absolute atomic E-state index is 12.0. The van der Waals surface area contributed by atoms with E-state index in [0.717, 1.165) is 0 Å². The zero-order valence-corrected chi connectivity index (χ0v) is 15.3. The second kappa shape index (κ2) is 8.32. The summed E-state index contributed by atoms with van der Waals surface area (Å²) < 4.78 is 42.3. The predicted octanol–water partition coefficient (Wildman–Crippen LogP) is 2.57. The van der Waals surface area contributed by atoms with Gasteiger partial charge in [-0.25, -0.2) is 13.1 Å². The highest BCUT2D eigenvalue weighted by Gasteiger charge is 2.13. The van der Waals surface area contributed by atoms with Crippen LogP contribution in [0.4, 0.5) is 0 Å². The van der Waals surface area contributed by atoms with Gasteiger partial charge in [0.15, 0.2) is 11.5 Å². The topological polar surface area (TPSA) is 73.9 Å². The van der Waals surface area contributed by atoms with Gasteiger partial charge in [-0.2, -0.15) is 0 Å². The van der Waals surface area contributed by atoms with E-state index in [0.29, 0.717) is 27.8 Å². The van der Waals surface area contributed by atoms with Crippen molar-refractivity contribution in [3.8, 4) is 29.1 Å². The van der Waals surface area contributed by atoms with Crippen LogP contribution >= 0.6 is 11.6 Å². The number of sulfonamides is 1. The van der Waals surface area contributed by atoms with Crippen molar-refractivity contribution in [2.24, 2.45) is 0 Å². The molecule has 0 aromatic heterocycles. The molecule has 1 N–H and O–H groups in total. The third kappa shape index (κ3) is 5.30. The molecule has 3 rings (SSSR count). The van der Waals surface area contributed by atoms with Crippen LogP contribution in [0.5, 0.6) is 17.2 Å². The highest BCUT2D eigenvalue weighted by atomic mass is 35.5. The van der Waals surface area contributed by atoms with Crippen molar-refractivity contribution in [3.05, 3.63) is 53.1 Å². The Morgan fingerprint density at radius 2 is 1.85 bits per heavy atom. The van der Waals surface area contributed by atoms with Crippen LogP contribution in [0.1, 0.15) is 5.56 Å². The fraction of sp³-hybridized carbons (Fsp3) is 0.222. The van der Waals surface area contributed by atoms with Gasteiger partial charge in [0.25, 0.3) is 0 Å². The third-order valence-corrected chi connectivity index (χ3v) is 4.98.